The number of halogens is 4. The van der Waals surface area contributed by atoms with Gasteiger partial charge in [0.2, 0.25) is 5.88 Å². The number of rotatable bonds is 7. The molecule has 0 atom stereocenters. The number of ether oxygens (including phenoxy) is 1. The Morgan fingerprint density at radius 3 is 2.57 bits per heavy atom. The van der Waals surface area contributed by atoms with Crippen molar-refractivity contribution in [2.24, 2.45) is 10.7 Å². The molecule has 1 heterocycles. The molecule has 0 aliphatic rings. The second-order valence-corrected chi connectivity index (χ2v) is 5.03. The van der Waals surface area contributed by atoms with E-state index < -0.39 is 11.7 Å². The number of pyridine rings is 1. The van der Waals surface area contributed by atoms with Gasteiger partial charge in [0, 0.05) is 32.3 Å². The van der Waals surface area contributed by atoms with Crippen LogP contribution in [-0.2, 0) is 6.18 Å². The zero-order valence-corrected chi connectivity index (χ0v) is 13.8. The minimum atomic E-state index is -4.48. The molecule has 1 aromatic rings. The number of aromatic nitrogens is 1. The number of nitrogens with zero attached hydrogens (tertiary/aromatic N) is 3. The lowest BCUT2D eigenvalue weighted by molar-refractivity contribution is -0.137. The first-order chi connectivity index (χ1) is 10.8. The van der Waals surface area contributed by atoms with Crippen LogP contribution in [0, 0.1) is 0 Å². The average molecular weight is 353 g/mol. The molecule has 0 saturated carbocycles. The molecular weight excluding hydrogens is 333 g/mol. The highest BCUT2D eigenvalue weighted by Gasteiger charge is 2.31. The van der Waals surface area contributed by atoms with Gasteiger partial charge in [-0.1, -0.05) is 11.6 Å². The molecular formula is C14H20ClF3N4O. The molecule has 23 heavy (non-hydrogen) atoms. The van der Waals surface area contributed by atoms with Crippen molar-refractivity contribution in [3.8, 4) is 5.88 Å². The van der Waals surface area contributed by atoms with Crippen molar-refractivity contribution >= 4 is 17.6 Å². The zero-order valence-electron chi connectivity index (χ0n) is 13.0. The molecule has 0 amide bonds. The highest BCUT2D eigenvalue weighted by Crippen LogP contribution is 2.33. The van der Waals surface area contributed by atoms with E-state index in [1.54, 1.807) is 0 Å². The number of hydrogen-bond donors (Lipinski definition) is 1. The first-order valence-electron chi connectivity index (χ1n) is 7.20. The lowest BCUT2D eigenvalue weighted by Gasteiger charge is -2.19. The van der Waals surface area contributed by atoms with Gasteiger partial charge in [0.1, 0.15) is 5.02 Å². The van der Waals surface area contributed by atoms with Gasteiger partial charge >= 0.3 is 6.18 Å². The van der Waals surface area contributed by atoms with Crippen LogP contribution in [-0.4, -0.2) is 42.1 Å². The van der Waals surface area contributed by atoms with Crippen LogP contribution in [0.25, 0.3) is 0 Å². The van der Waals surface area contributed by atoms with E-state index in [0.29, 0.717) is 25.1 Å². The molecule has 0 unspecified atom stereocenters. The molecule has 0 aliphatic carbocycles. The lowest BCUT2D eigenvalue weighted by atomic mass is 10.3. The van der Waals surface area contributed by atoms with Gasteiger partial charge in [-0.25, -0.2) is 4.98 Å². The molecule has 0 spiro atoms. The molecule has 130 valence electrons. The van der Waals surface area contributed by atoms with Crippen molar-refractivity contribution < 1.29 is 17.9 Å². The van der Waals surface area contributed by atoms with Crippen molar-refractivity contribution in [2.75, 3.05) is 26.2 Å². The summed E-state index contributed by atoms with van der Waals surface area (Å²) in [6, 6.07) is 0.792. The molecule has 9 heteroatoms. The molecule has 2 N–H and O–H groups in total. The Morgan fingerprint density at radius 1 is 1.39 bits per heavy atom. The standard InChI is InChI=1S/C14H20ClF3N4O/c1-3-22(4-2)13(19)20-6-5-7-23-12-11(15)8-10(9-21-12)14(16,17)18/h8-9H,3-7H2,1-2H3,(H2,19,20). The normalized spacial score (nSPS) is 12.3. The quantitative estimate of drug-likeness (QED) is 0.465. The third-order valence-electron chi connectivity index (χ3n) is 3.04. The van der Waals surface area contributed by atoms with Crippen LogP contribution in [0.1, 0.15) is 25.8 Å². The van der Waals surface area contributed by atoms with Gasteiger partial charge in [0.05, 0.1) is 12.2 Å². The van der Waals surface area contributed by atoms with Crippen LogP contribution in [0.2, 0.25) is 5.02 Å². The Hall–Kier alpha value is -1.70. The Morgan fingerprint density at radius 2 is 2.04 bits per heavy atom. The summed E-state index contributed by atoms with van der Waals surface area (Å²) in [4.78, 5) is 9.71. The fourth-order valence-corrected chi connectivity index (χ4v) is 1.98. The van der Waals surface area contributed by atoms with E-state index in [2.05, 4.69) is 9.98 Å². The zero-order chi connectivity index (χ0) is 17.5. The van der Waals surface area contributed by atoms with Gasteiger partial charge < -0.3 is 15.4 Å². The molecule has 0 fully saturated rings. The van der Waals surface area contributed by atoms with Crippen LogP contribution >= 0.6 is 11.6 Å². The van der Waals surface area contributed by atoms with Crippen LogP contribution in [0.5, 0.6) is 5.88 Å². The highest BCUT2D eigenvalue weighted by molar-refractivity contribution is 6.31. The Balaban J connectivity index is 2.46. The van der Waals surface area contributed by atoms with Gasteiger partial charge in [0.15, 0.2) is 5.96 Å². The molecule has 5 nitrogen and oxygen atoms in total. The minimum absolute atomic E-state index is 0.0274. The molecule has 1 rings (SSSR count). The molecule has 0 bridgehead atoms. The molecule has 0 aliphatic heterocycles. The van der Waals surface area contributed by atoms with Crippen molar-refractivity contribution in [1.82, 2.24) is 9.88 Å². The Labute approximate surface area is 138 Å². The summed E-state index contributed by atoms with van der Waals surface area (Å²) in [5.41, 5.74) is 4.90. The topological polar surface area (TPSA) is 63.7 Å². The van der Waals surface area contributed by atoms with Gasteiger partial charge in [-0.05, 0) is 19.9 Å². The number of aliphatic imine (C=N–C) groups is 1. The first-order valence-corrected chi connectivity index (χ1v) is 7.57. The third kappa shape index (κ3) is 6.13. The average Bonchev–Trinajstić information content (AvgIpc) is 2.48. The van der Waals surface area contributed by atoms with E-state index in [9.17, 15) is 13.2 Å². The largest absolute Gasteiger partial charge is 0.477 e. The number of guanidine groups is 1. The summed E-state index contributed by atoms with van der Waals surface area (Å²) in [5, 5.41) is -0.175. The minimum Gasteiger partial charge on any atom is -0.477 e. The number of hydrogen-bond acceptors (Lipinski definition) is 3. The molecule has 0 saturated heterocycles. The van der Waals surface area contributed by atoms with Crippen molar-refractivity contribution in [1.29, 1.82) is 0 Å². The van der Waals surface area contributed by atoms with E-state index in [4.69, 9.17) is 22.1 Å². The lowest BCUT2D eigenvalue weighted by Crippen LogP contribution is -2.37. The smallest absolute Gasteiger partial charge is 0.417 e. The maximum atomic E-state index is 12.5. The van der Waals surface area contributed by atoms with Crippen LogP contribution < -0.4 is 10.5 Å². The highest BCUT2D eigenvalue weighted by atomic mass is 35.5. The van der Waals surface area contributed by atoms with Gasteiger partial charge in [-0.15, -0.1) is 0 Å². The Bertz CT molecular complexity index is 533. The molecule has 0 aromatic carbocycles. The maximum Gasteiger partial charge on any atom is 0.417 e. The summed E-state index contributed by atoms with van der Waals surface area (Å²) < 4.78 is 42.7. The first kappa shape index (κ1) is 19.3. The van der Waals surface area contributed by atoms with Crippen molar-refractivity contribution in [2.45, 2.75) is 26.4 Å². The van der Waals surface area contributed by atoms with E-state index in [1.165, 1.54) is 0 Å². The Kier molecular flexibility index (Phi) is 7.41. The fourth-order valence-electron chi connectivity index (χ4n) is 1.76. The fraction of sp³-hybridized carbons (Fsp3) is 0.571. The van der Waals surface area contributed by atoms with E-state index >= 15 is 0 Å². The molecule has 0 radical (unpaired) electrons. The van der Waals surface area contributed by atoms with E-state index in [0.717, 1.165) is 19.2 Å². The number of alkyl halides is 3. The summed E-state index contributed by atoms with van der Waals surface area (Å²) in [7, 11) is 0. The maximum absolute atomic E-state index is 12.5. The SMILES string of the molecule is CCN(CC)C(N)=NCCCOc1ncc(C(F)(F)F)cc1Cl. The van der Waals surface area contributed by atoms with E-state index in [1.807, 2.05) is 18.7 Å². The molecule has 1 aromatic heterocycles. The van der Waals surface area contributed by atoms with Crippen molar-refractivity contribution in [3.05, 3.63) is 22.8 Å². The van der Waals surface area contributed by atoms with Crippen molar-refractivity contribution in [3.63, 3.8) is 0 Å². The van der Waals surface area contributed by atoms with Crippen LogP contribution in [0.4, 0.5) is 13.2 Å². The predicted molar refractivity (Wildman–Crippen MR) is 83.8 cm³/mol. The summed E-state index contributed by atoms with van der Waals surface area (Å²) in [6.45, 7) is 6.18. The third-order valence-corrected chi connectivity index (χ3v) is 3.31. The van der Waals surface area contributed by atoms with Gasteiger partial charge in [0.25, 0.3) is 0 Å². The second kappa shape index (κ2) is 8.81. The summed E-state index contributed by atoms with van der Waals surface area (Å²) in [6.07, 6.45) is -3.25. The van der Waals surface area contributed by atoms with Gasteiger partial charge in [-0.2, -0.15) is 13.2 Å². The predicted octanol–water partition coefficient (Wildman–Crippen LogP) is 3.18. The monoisotopic (exact) mass is 352 g/mol. The second-order valence-electron chi connectivity index (χ2n) is 4.62. The summed E-state index contributed by atoms with van der Waals surface area (Å²) in [5.74, 6) is 0.432. The van der Waals surface area contributed by atoms with Crippen LogP contribution in [0.15, 0.2) is 17.3 Å². The van der Waals surface area contributed by atoms with E-state index in [-0.39, 0.29) is 17.5 Å². The summed E-state index contributed by atoms with van der Waals surface area (Å²) >= 11 is 5.74. The number of nitrogens with two attached hydrogens (primary N) is 1. The van der Waals surface area contributed by atoms with Crippen LogP contribution in [0.3, 0.4) is 0 Å². The van der Waals surface area contributed by atoms with Gasteiger partial charge in [-0.3, -0.25) is 4.99 Å².